The summed E-state index contributed by atoms with van der Waals surface area (Å²) in [5.41, 5.74) is 1.86. The normalized spacial score (nSPS) is 12.7. The van der Waals surface area contributed by atoms with Crippen LogP contribution in [-0.2, 0) is 6.54 Å². The van der Waals surface area contributed by atoms with Crippen molar-refractivity contribution in [3.8, 4) is 5.75 Å². The van der Waals surface area contributed by atoms with E-state index in [0.29, 0.717) is 12.3 Å². The van der Waals surface area contributed by atoms with E-state index in [0.717, 1.165) is 16.1 Å². The Morgan fingerprint density at radius 1 is 1.26 bits per heavy atom. The van der Waals surface area contributed by atoms with E-state index < -0.39 is 0 Å². The molecule has 0 saturated heterocycles. The molecule has 0 aliphatic carbocycles. The number of ether oxygens (including phenoxy) is 1. The van der Waals surface area contributed by atoms with E-state index in [9.17, 15) is 4.39 Å². The Balaban J connectivity index is 1.82. The van der Waals surface area contributed by atoms with Crippen molar-refractivity contribution in [1.29, 1.82) is 0 Å². The minimum Gasteiger partial charge on any atom is -0.496 e. The van der Waals surface area contributed by atoms with Gasteiger partial charge in [-0.1, -0.05) is 12.1 Å². The average Bonchev–Trinajstić information content (AvgIpc) is 2.98. The minimum absolute atomic E-state index is 0.139. The SMILES string of the molecule is COc1ccc(F)cc1CN(C)[C@H](C)c1nc2ccccc2s1. The summed E-state index contributed by atoms with van der Waals surface area (Å²) in [7, 11) is 3.62. The molecule has 0 radical (unpaired) electrons. The van der Waals surface area contributed by atoms with Crippen LogP contribution in [0.15, 0.2) is 42.5 Å². The van der Waals surface area contributed by atoms with Gasteiger partial charge in [0.25, 0.3) is 0 Å². The molecule has 1 atom stereocenters. The maximum Gasteiger partial charge on any atom is 0.123 e. The number of benzene rings is 2. The van der Waals surface area contributed by atoms with Gasteiger partial charge < -0.3 is 4.74 Å². The van der Waals surface area contributed by atoms with Crippen molar-refractivity contribution in [3.05, 3.63) is 58.9 Å². The Bertz CT molecular complexity index is 785. The number of fused-ring (bicyclic) bond motifs is 1. The second kappa shape index (κ2) is 6.64. The lowest BCUT2D eigenvalue weighted by atomic mass is 10.1. The fraction of sp³-hybridized carbons (Fsp3) is 0.278. The second-order valence-corrected chi connectivity index (χ2v) is 6.63. The number of halogens is 1. The van der Waals surface area contributed by atoms with E-state index in [-0.39, 0.29) is 11.9 Å². The Labute approximate surface area is 139 Å². The highest BCUT2D eigenvalue weighted by Gasteiger charge is 2.18. The number of para-hydroxylation sites is 1. The van der Waals surface area contributed by atoms with Crippen molar-refractivity contribution in [1.82, 2.24) is 9.88 Å². The van der Waals surface area contributed by atoms with Crippen molar-refractivity contribution in [3.63, 3.8) is 0 Å². The quantitative estimate of drug-likeness (QED) is 0.681. The first-order chi connectivity index (χ1) is 11.1. The molecule has 3 rings (SSSR count). The molecule has 0 fully saturated rings. The van der Waals surface area contributed by atoms with Gasteiger partial charge in [0.15, 0.2) is 0 Å². The van der Waals surface area contributed by atoms with Crippen LogP contribution in [0.25, 0.3) is 10.2 Å². The Hall–Kier alpha value is -1.98. The standard InChI is InChI=1S/C18H19FN2OS/c1-12(18-20-15-6-4-5-7-17(15)23-18)21(2)11-13-10-14(19)8-9-16(13)22-3/h4-10,12H,11H2,1-3H3/t12-/m1/s1. The third-order valence-electron chi connectivity index (χ3n) is 3.99. The molecule has 23 heavy (non-hydrogen) atoms. The summed E-state index contributed by atoms with van der Waals surface area (Å²) in [6.07, 6.45) is 0. The van der Waals surface area contributed by atoms with Gasteiger partial charge in [-0.25, -0.2) is 9.37 Å². The number of aromatic nitrogens is 1. The topological polar surface area (TPSA) is 25.4 Å². The van der Waals surface area contributed by atoms with Crippen LogP contribution in [-0.4, -0.2) is 24.0 Å². The smallest absolute Gasteiger partial charge is 0.123 e. The molecule has 5 heteroatoms. The van der Waals surface area contributed by atoms with Gasteiger partial charge in [-0.2, -0.15) is 0 Å². The van der Waals surface area contributed by atoms with Crippen LogP contribution in [0, 0.1) is 5.82 Å². The second-order valence-electron chi connectivity index (χ2n) is 5.57. The molecule has 0 aliphatic heterocycles. The molecule has 1 heterocycles. The Kier molecular flexibility index (Phi) is 4.59. The molecular formula is C18H19FN2OS. The molecule has 3 aromatic rings. The number of nitrogens with zero attached hydrogens (tertiary/aromatic N) is 2. The van der Waals surface area contributed by atoms with Crippen molar-refractivity contribution >= 4 is 21.6 Å². The molecule has 0 aliphatic rings. The van der Waals surface area contributed by atoms with E-state index in [1.54, 1.807) is 24.5 Å². The predicted octanol–water partition coefficient (Wildman–Crippen LogP) is 4.64. The highest BCUT2D eigenvalue weighted by atomic mass is 32.1. The van der Waals surface area contributed by atoms with Crippen LogP contribution < -0.4 is 4.74 Å². The molecule has 0 unspecified atom stereocenters. The predicted molar refractivity (Wildman–Crippen MR) is 92.5 cm³/mol. The number of methoxy groups -OCH3 is 1. The zero-order valence-electron chi connectivity index (χ0n) is 13.4. The van der Waals surface area contributed by atoms with Crippen LogP contribution in [0.5, 0.6) is 5.75 Å². The van der Waals surface area contributed by atoms with Crippen molar-refractivity contribution in [2.24, 2.45) is 0 Å². The summed E-state index contributed by atoms with van der Waals surface area (Å²) in [6.45, 7) is 2.71. The first-order valence-corrected chi connectivity index (χ1v) is 8.28. The average molecular weight is 330 g/mol. The summed E-state index contributed by atoms with van der Waals surface area (Å²) in [6, 6.07) is 12.9. The van der Waals surface area contributed by atoms with Crippen LogP contribution in [0.4, 0.5) is 4.39 Å². The minimum atomic E-state index is -0.248. The highest BCUT2D eigenvalue weighted by Crippen LogP contribution is 2.30. The van der Waals surface area contributed by atoms with Crippen LogP contribution in [0.3, 0.4) is 0 Å². The van der Waals surface area contributed by atoms with E-state index in [1.165, 1.54) is 16.8 Å². The molecule has 3 nitrogen and oxygen atoms in total. The summed E-state index contributed by atoms with van der Waals surface area (Å²) >= 11 is 1.70. The number of rotatable bonds is 5. The Morgan fingerprint density at radius 2 is 2.04 bits per heavy atom. The molecule has 2 aromatic carbocycles. The van der Waals surface area contributed by atoms with Crippen LogP contribution >= 0.6 is 11.3 Å². The summed E-state index contributed by atoms with van der Waals surface area (Å²) in [5, 5.41) is 1.06. The van der Waals surface area contributed by atoms with Crippen LogP contribution in [0.2, 0.25) is 0 Å². The van der Waals surface area contributed by atoms with E-state index >= 15 is 0 Å². The molecule has 1 aromatic heterocycles. The third kappa shape index (κ3) is 3.35. The van der Waals surface area contributed by atoms with Gasteiger partial charge in [-0.05, 0) is 44.3 Å². The summed E-state index contributed by atoms with van der Waals surface area (Å²) < 4.78 is 20.0. The van der Waals surface area contributed by atoms with E-state index in [4.69, 9.17) is 9.72 Å². The molecule has 0 spiro atoms. The van der Waals surface area contributed by atoms with Gasteiger partial charge in [0.2, 0.25) is 0 Å². The maximum absolute atomic E-state index is 13.5. The van der Waals surface area contributed by atoms with Crippen molar-refractivity contribution < 1.29 is 9.13 Å². The van der Waals surface area contributed by atoms with Gasteiger partial charge in [-0.3, -0.25) is 4.90 Å². The molecule has 0 N–H and O–H groups in total. The number of hydrogen-bond acceptors (Lipinski definition) is 4. The molecule has 0 amide bonds. The van der Waals surface area contributed by atoms with E-state index in [1.807, 2.05) is 25.2 Å². The molecule has 0 saturated carbocycles. The van der Waals surface area contributed by atoms with Gasteiger partial charge in [0.05, 0.1) is 23.4 Å². The first-order valence-electron chi connectivity index (χ1n) is 7.46. The van der Waals surface area contributed by atoms with Gasteiger partial charge in [-0.15, -0.1) is 11.3 Å². The van der Waals surface area contributed by atoms with E-state index in [2.05, 4.69) is 17.9 Å². The number of thiazole rings is 1. The molecular weight excluding hydrogens is 311 g/mol. The van der Waals surface area contributed by atoms with Crippen molar-refractivity contribution in [2.45, 2.75) is 19.5 Å². The van der Waals surface area contributed by atoms with Gasteiger partial charge in [0, 0.05) is 12.1 Å². The zero-order chi connectivity index (χ0) is 16.4. The molecule has 120 valence electrons. The third-order valence-corrected chi connectivity index (χ3v) is 5.20. The first kappa shape index (κ1) is 15.9. The molecule has 0 bridgehead atoms. The summed E-state index contributed by atoms with van der Waals surface area (Å²) in [4.78, 5) is 6.85. The monoisotopic (exact) mass is 330 g/mol. The lowest BCUT2D eigenvalue weighted by Crippen LogP contribution is -2.22. The fourth-order valence-corrected chi connectivity index (χ4v) is 3.62. The largest absolute Gasteiger partial charge is 0.496 e. The highest BCUT2D eigenvalue weighted by molar-refractivity contribution is 7.18. The zero-order valence-corrected chi connectivity index (χ0v) is 14.2. The lowest BCUT2D eigenvalue weighted by molar-refractivity contribution is 0.248. The van der Waals surface area contributed by atoms with Crippen LogP contribution in [0.1, 0.15) is 23.5 Å². The summed E-state index contributed by atoms with van der Waals surface area (Å²) in [5.74, 6) is 0.455. The number of hydrogen-bond donors (Lipinski definition) is 0. The fourth-order valence-electron chi connectivity index (χ4n) is 2.53. The van der Waals surface area contributed by atoms with Gasteiger partial charge >= 0.3 is 0 Å². The van der Waals surface area contributed by atoms with Crippen molar-refractivity contribution in [2.75, 3.05) is 14.2 Å². The van der Waals surface area contributed by atoms with Gasteiger partial charge in [0.1, 0.15) is 16.6 Å². The maximum atomic E-state index is 13.5. The Morgan fingerprint density at radius 3 is 2.78 bits per heavy atom. The lowest BCUT2D eigenvalue weighted by Gasteiger charge is -2.23.